The van der Waals surface area contributed by atoms with Crippen molar-refractivity contribution in [2.75, 3.05) is 41.0 Å². The van der Waals surface area contributed by atoms with Crippen molar-refractivity contribution in [3.63, 3.8) is 0 Å². The van der Waals surface area contributed by atoms with Crippen LogP contribution in [0.4, 0.5) is 0 Å². The number of esters is 2. The van der Waals surface area contributed by atoms with Crippen LogP contribution in [0.5, 0.6) is 0 Å². The van der Waals surface area contributed by atoms with Crippen LogP contribution in [0.1, 0.15) is 142 Å². The van der Waals surface area contributed by atoms with Gasteiger partial charge in [-0.25, -0.2) is 4.79 Å². The van der Waals surface area contributed by atoms with Crippen LogP contribution >= 0.6 is 0 Å². The van der Waals surface area contributed by atoms with Crippen LogP contribution in [0.2, 0.25) is 0 Å². The molecule has 1 N–H and O–H groups in total. The van der Waals surface area contributed by atoms with Gasteiger partial charge in [-0.15, -0.1) is 0 Å². The standard InChI is InChI=1S/C39H69NO7/c1-6-8-10-12-14-16-18-19-20-22-24-26-28-30-38(42)47-35(33-45-32-31-36(39(43)44)40(3,4)5)34-46-37(41)29-27-25-23-21-17-15-13-11-9-7-2/h13,15,19-20,24,26,35-36H,6-12,14,16-18,21-23,25,27-34H2,1-5H3/p+1/b15-13+,20-19+,26-24+. The van der Waals surface area contributed by atoms with Gasteiger partial charge in [0.15, 0.2) is 12.1 Å². The molecule has 47 heavy (non-hydrogen) atoms. The van der Waals surface area contributed by atoms with E-state index in [-0.39, 0.29) is 42.7 Å². The second-order valence-corrected chi connectivity index (χ2v) is 13.5. The number of carboxylic acid groups (broad SMARTS) is 1. The Morgan fingerprint density at radius 1 is 0.638 bits per heavy atom. The number of carboxylic acids is 1. The summed E-state index contributed by atoms with van der Waals surface area (Å²) in [5.41, 5.74) is 0. The van der Waals surface area contributed by atoms with Crippen molar-refractivity contribution < 1.29 is 38.2 Å². The predicted octanol–water partition coefficient (Wildman–Crippen LogP) is 9.13. The van der Waals surface area contributed by atoms with E-state index < -0.39 is 18.1 Å². The summed E-state index contributed by atoms with van der Waals surface area (Å²) < 4.78 is 17.1. The van der Waals surface area contributed by atoms with Gasteiger partial charge in [-0.1, -0.05) is 108 Å². The molecule has 0 bridgehead atoms. The molecule has 0 aromatic carbocycles. The fourth-order valence-corrected chi connectivity index (χ4v) is 5.06. The van der Waals surface area contributed by atoms with Gasteiger partial charge in [-0.2, -0.15) is 0 Å². The maximum absolute atomic E-state index is 12.6. The molecule has 0 aliphatic carbocycles. The highest BCUT2D eigenvalue weighted by Crippen LogP contribution is 2.11. The normalized spacial score (nSPS) is 13.5. The fraction of sp³-hybridized carbons (Fsp3) is 0.769. The van der Waals surface area contributed by atoms with E-state index in [4.69, 9.17) is 14.2 Å². The molecule has 0 aromatic heterocycles. The van der Waals surface area contributed by atoms with E-state index in [9.17, 15) is 19.5 Å². The van der Waals surface area contributed by atoms with Gasteiger partial charge in [0.05, 0.1) is 34.4 Å². The maximum atomic E-state index is 12.6. The molecule has 2 atom stereocenters. The zero-order chi connectivity index (χ0) is 35.0. The Morgan fingerprint density at radius 3 is 1.81 bits per heavy atom. The van der Waals surface area contributed by atoms with Crippen molar-refractivity contribution in [2.45, 2.75) is 154 Å². The Balaban J connectivity index is 4.55. The summed E-state index contributed by atoms with van der Waals surface area (Å²) in [6.07, 6.45) is 32.0. The number of hydrogen-bond acceptors (Lipinski definition) is 6. The van der Waals surface area contributed by atoms with Gasteiger partial charge in [0.25, 0.3) is 0 Å². The number of likely N-dealkylation sites (N-methyl/N-ethyl adjacent to an activating group) is 1. The molecule has 0 rings (SSSR count). The number of allylic oxidation sites excluding steroid dienone is 6. The first-order valence-electron chi connectivity index (χ1n) is 18.5. The van der Waals surface area contributed by atoms with E-state index >= 15 is 0 Å². The summed E-state index contributed by atoms with van der Waals surface area (Å²) in [6.45, 7) is 4.58. The Bertz CT molecular complexity index is 875. The number of hydrogen-bond donors (Lipinski definition) is 1. The highest BCUT2D eigenvalue weighted by atomic mass is 16.6. The van der Waals surface area contributed by atoms with Gasteiger partial charge in [0.1, 0.15) is 6.61 Å². The van der Waals surface area contributed by atoms with Crippen LogP contribution in [0.25, 0.3) is 0 Å². The summed E-state index contributed by atoms with van der Waals surface area (Å²) in [4.78, 5) is 36.6. The first kappa shape index (κ1) is 44.5. The maximum Gasteiger partial charge on any atom is 0.362 e. The van der Waals surface area contributed by atoms with Crippen LogP contribution in [-0.4, -0.2) is 80.6 Å². The molecule has 0 radical (unpaired) electrons. The number of ether oxygens (including phenoxy) is 3. The van der Waals surface area contributed by atoms with Crippen LogP contribution in [0.3, 0.4) is 0 Å². The molecule has 0 spiro atoms. The average Bonchev–Trinajstić information content (AvgIpc) is 3.01. The third-order valence-corrected chi connectivity index (χ3v) is 8.03. The lowest BCUT2D eigenvalue weighted by molar-refractivity contribution is -0.887. The zero-order valence-corrected chi connectivity index (χ0v) is 30.7. The van der Waals surface area contributed by atoms with E-state index in [1.165, 1.54) is 51.4 Å². The van der Waals surface area contributed by atoms with Crippen molar-refractivity contribution >= 4 is 17.9 Å². The number of quaternary nitrogens is 1. The van der Waals surface area contributed by atoms with Gasteiger partial charge in [0, 0.05) is 19.3 Å². The molecule has 272 valence electrons. The molecule has 0 heterocycles. The molecule has 0 saturated carbocycles. The summed E-state index contributed by atoms with van der Waals surface area (Å²) in [5, 5.41) is 9.56. The fourth-order valence-electron chi connectivity index (χ4n) is 5.06. The van der Waals surface area contributed by atoms with Crippen molar-refractivity contribution in [2.24, 2.45) is 0 Å². The molecule has 0 aliphatic rings. The minimum absolute atomic E-state index is 0.0352. The SMILES string of the molecule is CCCC/C=C/CCCCCCC(=O)OCC(COCCC(C(=O)O)[N+](C)(C)C)OC(=O)CC/C=C/C/C=C/CCCCCCCC. The summed E-state index contributed by atoms with van der Waals surface area (Å²) in [7, 11) is 5.49. The van der Waals surface area contributed by atoms with Crippen LogP contribution in [-0.2, 0) is 28.6 Å². The third-order valence-electron chi connectivity index (χ3n) is 8.03. The number of nitrogens with zero attached hydrogens (tertiary/aromatic N) is 1. The lowest BCUT2D eigenvalue weighted by Crippen LogP contribution is -2.50. The molecule has 8 nitrogen and oxygen atoms in total. The van der Waals surface area contributed by atoms with Crippen molar-refractivity contribution in [3.05, 3.63) is 36.5 Å². The summed E-state index contributed by atoms with van der Waals surface area (Å²) >= 11 is 0. The highest BCUT2D eigenvalue weighted by Gasteiger charge is 2.31. The first-order valence-corrected chi connectivity index (χ1v) is 18.5. The molecular weight excluding hydrogens is 594 g/mol. The summed E-state index contributed by atoms with van der Waals surface area (Å²) in [5.74, 6) is -1.58. The number of aliphatic carboxylic acids is 1. The van der Waals surface area contributed by atoms with E-state index in [0.717, 1.165) is 51.4 Å². The van der Waals surface area contributed by atoms with Gasteiger partial charge < -0.3 is 23.8 Å². The van der Waals surface area contributed by atoms with Crippen LogP contribution in [0.15, 0.2) is 36.5 Å². The molecule has 8 heteroatoms. The molecule has 0 amide bonds. The van der Waals surface area contributed by atoms with Gasteiger partial charge in [-0.05, 0) is 51.4 Å². The minimum Gasteiger partial charge on any atom is -0.477 e. The van der Waals surface area contributed by atoms with Gasteiger partial charge in [-0.3, -0.25) is 9.59 Å². The Labute approximate surface area is 287 Å². The van der Waals surface area contributed by atoms with Gasteiger partial charge in [0.2, 0.25) is 0 Å². The molecule has 0 fully saturated rings. The molecule has 0 aromatic rings. The van der Waals surface area contributed by atoms with Crippen LogP contribution < -0.4 is 0 Å². The largest absolute Gasteiger partial charge is 0.477 e. The molecule has 0 saturated heterocycles. The summed E-state index contributed by atoms with van der Waals surface area (Å²) in [6, 6.07) is -0.622. The van der Waals surface area contributed by atoms with E-state index in [0.29, 0.717) is 19.3 Å². The second kappa shape index (κ2) is 30.9. The quantitative estimate of drug-likeness (QED) is 0.0331. The number of rotatable bonds is 32. The third kappa shape index (κ3) is 29.4. The lowest BCUT2D eigenvalue weighted by atomic mass is 10.1. The predicted molar refractivity (Wildman–Crippen MR) is 192 cm³/mol. The topological polar surface area (TPSA) is 99.1 Å². The lowest BCUT2D eigenvalue weighted by Gasteiger charge is -2.31. The highest BCUT2D eigenvalue weighted by molar-refractivity contribution is 5.72. The Kier molecular flexibility index (Phi) is 29.2. The van der Waals surface area contributed by atoms with Crippen molar-refractivity contribution in [1.82, 2.24) is 0 Å². The Morgan fingerprint density at radius 2 is 1.19 bits per heavy atom. The molecule has 0 aliphatic heterocycles. The van der Waals surface area contributed by atoms with Gasteiger partial charge >= 0.3 is 17.9 Å². The smallest absolute Gasteiger partial charge is 0.362 e. The van der Waals surface area contributed by atoms with Crippen LogP contribution in [0, 0.1) is 0 Å². The second-order valence-electron chi connectivity index (χ2n) is 13.5. The van der Waals surface area contributed by atoms with E-state index in [2.05, 4.69) is 44.2 Å². The number of unbranched alkanes of at least 4 members (excludes halogenated alkanes) is 12. The molecular formula is C39H70NO7+. The Hall–Kier alpha value is -2.45. The van der Waals surface area contributed by atoms with E-state index in [1.54, 1.807) is 0 Å². The van der Waals surface area contributed by atoms with Crippen molar-refractivity contribution in [1.29, 1.82) is 0 Å². The monoisotopic (exact) mass is 665 g/mol. The number of carbonyl (C=O) groups excluding carboxylic acids is 2. The first-order chi connectivity index (χ1) is 22.6. The molecule has 2 unspecified atom stereocenters. The van der Waals surface area contributed by atoms with Crippen molar-refractivity contribution in [3.8, 4) is 0 Å². The van der Waals surface area contributed by atoms with E-state index in [1.807, 2.05) is 27.2 Å². The zero-order valence-electron chi connectivity index (χ0n) is 30.7. The average molecular weight is 665 g/mol. The minimum atomic E-state index is -0.886. The number of carbonyl (C=O) groups is 3.